The van der Waals surface area contributed by atoms with E-state index >= 15 is 0 Å². The van der Waals surface area contributed by atoms with Gasteiger partial charge in [-0.2, -0.15) is 0 Å². The van der Waals surface area contributed by atoms with E-state index < -0.39 is 34.6 Å². The smallest absolute Gasteiger partial charge is 0.311 e. The van der Waals surface area contributed by atoms with Gasteiger partial charge in [-0.05, 0) is 30.7 Å². The van der Waals surface area contributed by atoms with Crippen LogP contribution >= 0.6 is 11.8 Å². The van der Waals surface area contributed by atoms with E-state index in [1.54, 1.807) is 22.7 Å². The lowest BCUT2D eigenvalue weighted by atomic mass is 9.66. The van der Waals surface area contributed by atoms with E-state index in [1.807, 2.05) is 35.2 Å². The van der Waals surface area contributed by atoms with E-state index in [-0.39, 0.29) is 42.2 Å². The maximum atomic E-state index is 14.8. The number of amides is 2. The van der Waals surface area contributed by atoms with E-state index in [2.05, 4.69) is 20.1 Å². The summed E-state index contributed by atoms with van der Waals surface area (Å²) in [5.41, 5.74) is 0.772. The average molecular weight is 553 g/mol. The van der Waals surface area contributed by atoms with Gasteiger partial charge in [0.25, 0.3) is 0 Å². The summed E-state index contributed by atoms with van der Waals surface area (Å²) < 4.78 is 4.73. The number of aliphatic hydroxyl groups is 1. The Balaban J connectivity index is 1.62. The summed E-state index contributed by atoms with van der Waals surface area (Å²) in [5.74, 6) is -2.00. The molecule has 1 aromatic rings. The highest BCUT2D eigenvalue weighted by Gasteiger charge is 2.77. The second-order valence-corrected chi connectivity index (χ2v) is 12.9. The van der Waals surface area contributed by atoms with Crippen molar-refractivity contribution < 1.29 is 24.2 Å². The second-order valence-electron chi connectivity index (χ2n) is 11.4. The van der Waals surface area contributed by atoms with Crippen LogP contribution in [0.2, 0.25) is 0 Å². The summed E-state index contributed by atoms with van der Waals surface area (Å²) in [4.78, 5) is 46.3. The van der Waals surface area contributed by atoms with Crippen molar-refractivity contribution in [3.8, 4) is 0 Å². The number of benzene rings is 1. The summed E-state index contributed by atoms with van der Waals surface area (Å²) in [6.45, 7) is 9.87. The molecule has 1 saturated carbocycles. The molecule has 4 aliphatic rings. The molecule has 1 aromatic carbocycles. The van der Waals surface area contributed by atoms with Crippen molar-refractivity contribution in [2.24, 2.45) is 17.8 Å². The molecule has 1 spiro atoms. The molecule has 0 aromatic heterocycles. The zero-order chi connectivity index (χ0) is 27.7. The molecular formula is C31H40N2O5S. The largest absolute Gasteiger partial charge is 0.461 e. The maximum absolute atomic E-state index is 14.8. The van der Waals surface area contributed by atoms with Gasteiger partial charge in [0.05, 0.1) is 29.2 Å². The van der Waals surface area contributed by atoms with Crippen LogP contribution < -0.4 is 0 Å². The van der Waals surface area contributed by atoms with Gasteiger partial charge in [-0.3, -0.25) is 14.4 Å². The molecule has 3 aliphatic heterocycles. The SMILES string of the molecule is C=CCOC(=O)[C@@H]1[C@H]2C(=O)N([C@H](CO)c3ccccc3)C(C(=O)N(CC=C)C3CCCCC3)C23S[C@@H]1CC3C. The Hall–Kier alpha value is -2.58. The minimum atomic E-state index is -0.795. The van der Waals surface area contributed by atoms with Gasteiger partial charge in [-0.15, -0.1) is 18.3 Å². The van der Waals surface area contributed by atoms with Crippen molar-refractivity contribution >= 4 is 29.5 Å². The minimum absolute atomic E-state index is 0.0379. The van der Waals surface area contributed by atoms with Gasteiger partial charge < -0.3 is 19.6 Å². The topological polar surface area (TPSA) is 87.1 Å². The summed E-state index contributed by atoms with van der Waals surface area (Å²) in [5, 5.41) is 10.6. The van der Waals surface area contributed by atoms with Crippen molar-refractivity contribution in [3.05, 3.63) is 61.2 Å². The van der Waals surface area contributed by atoms with Crippen LogP contribution in [0.5, 0.6) is 0 Å². The molecule has 1 N–H and O–H groups in total. The highest BCUT2D eigenvalue weighted by atomic mass is 32.2. The molecule has 3 unspecified atom stereocenters. The fourth-order valence-corrected chi connectivity index (χ4v) is 10.1. The average Bonchev–Trinajstić information content (AvgIpc) is 3.55. The van der Waals surface area contributed by atoms with Gasteiger partial charge >= 0.3 is 5.97 Å². The van der Waals surface area contributed by atoms with Crippen molar-refractivity contribution in [2.45, 2.75) is 73.6 Å². The van der Waals surface area contributed by atoms with Crippen molar-refractivity contribution in [3.63, 3.8) is 0 Å². The van der Waals surface area contributed by atoms with Gasteiger partial charge in [-0.1, -0.05) is 75.2 Å². The zero-order valence-electron chi connectivity index (χ0n) is 22.7. The monoisotopic (exact) mass is 552 g/mol. The summed E-state index contributed by atoms with van der Waals surface area (Å²) >= 11 is 1.63. The molecule has 39 heavy (non-hydrogen) atoms. The maximum Gasteiger partial charge on any atom is 0.311 e. The van der Waals surface area contributed by atoms with Crippen LogP contribution in [0.4, 0.5) is 0 Å². The molecule has 2 bridgehead atoms. The first kappa shape index (κ1) is 28.0. The highest BCUT2D eigenvalue weighted by Crippen LogP contribution is 2.69. The third kappa shape index (κ3) is 4.53. The van der Waals surface area contributed by atoms with Crippen molar-refractivity contribution in [2.75, 3.05) is 19.8 Å². The van der Waals surface area contributed by atoms with E-state index in [4.69, 9.17) is 4.74 Å². The van der Waals surface area contributed by atoms with Crippen molar-refractivity contribution in [1.82, 2.24) is 9.80 Å². The van der Waals surface area contributed by atoms with Crippen LogP contribution in [0.25, 0.3) is 0 Å². The van der Waals surface area contributed by atoms with E-state index in [1.165, 1.54) is 6.08 Å². The summed E-state index contributed by atoms with van der Waals surface area (Å²) in [6, 6.07) is 8.01. The Morgan fingerprint density at radius 1 is 1.21 bits per heavy atom. The van der Waals surface area contributed by atoms with E-state index in [0.29, 0.717) is 6.54 Å². The Bertz CT molecular complexity index is 1110. The van der Waals surface area contributed by atoms with E-state index in [9.17, 15) is 19.5 Å². The molecule has 210 valence electrons. The van der Waals surface area contributed by atoms with Gasteiger partial charge in [0.2, 0.25) is 11.8 Å². The number of hydrogen-bond donors (Lipinski definition) is 1. The third-order valence-corrected chi connectivity index (χ3v) is 11.4. The normalized spacial score (nSPS) is 32.5. The molecule has 2 amide bonds. The van der Waals surface area contributed by atoms with Gasteiger partial charge in [-0.25, -0.2) is 0 Å². The van der Waals surface area contributed by atoms with Gasteiger partial charge in [0.1, 0.15) is 12.6 Å². The number of esters is 1. The first-order valence-electron chi connectivity index (χ1n) is 14.2. The van der Waals surface area contributed by atoms with Crippen LogP contribution in [0, 0.1) is 17.8 Å². The molecule has 7 nitrogen and oxygen atoms in total. The van der Waals surface area contributed by atoms with Gasteiger partial charge in [0.15, 0.2) is 0 Å². The van der Waals surface area contributed by atoms with Gasteiger partial charge in [0, 0.05) is 17.8 Å². The molecule has 3 saturated heterocycles. The lowest BCUT2D eigenvalue weighted by Crippen LogP contribution is -2.59. The number of nitrogens with zero attached hydrogens (tertiary/aromatic N) is 2. The number of aliphatic hydroxyl groups excluding tert-OH is 1. The Kier molecular flexibility index (Phi) is 8.24. The van der Waals surface area contributed by atoms with E-state index in [0.717, 1.165) is 44.1 Å². The number of fused-ring (bicyclic) bond motifs is 1. The van der Waals surface area contributed by atoms with Crippen LogP contribution in [0.1, 0.15) is 57.1 Å². The van der Waals surface area contributed by atoms with Crippen LogP contribution in [-0.2, 0) is 19.1 Å². The molecule has 1 aliphatic carbocycles. The first-order valence-corrected chi connectivity index (χ1v) is 15.1. The molecule has 5 rings (SSSR count). The molecule has 4 fully saturated rings. The van der Waals surface area contributed by atoms with Crippen molar-refractivity contribution in [1.29, 1.82) is 0 Å². The molecule has 7 atom stereocenters. The first-order chi connectivity index (χ1) is 18.9. The van der Waals surface area contributed by atoms with Crippen LogP contribution in [0.15, 0.2) is 55.6 Å². The number of rotatable bonds is 10. The highest BCUT2D eigenvalue weighted by molar-refractivity contribution is 8.02. The Labute approximate surface area is 235 Å². The number of ether oxygens (including phenoxy) is 1. The number of hydrogen-bond acceptors (Lipinski definition) is 6. The quantitative estimate of drug-likeness (QED) is 0.347. The number of carbonyl (C=O) groups excluding carboxylic acids is 3. The Morgan fingerprint density at radius 2 is 1.92 bits per heavy atom. The summed E-state index contributed by atoms with van der Waals surface area (Å²) in [6.07, 6.45) is 9.19. The molecule has 0 radical (unpaired) electrons. The standard InChI is InChI=1S/C31H40N2O5S/c1-4-16-32(22-14-10-7-11-15-22)29(36)27-31-20(3)18-24(39-31)25(30(37)38-17-5-2)26(31)28(35)33(27)23(19-34)21-12-8-6-9-13-21/h4-6,8-9,12-13,20,22-27,34H,1-2,7,10-11,14-19H2,3H3/t20?,23-,24-,25+,26+,27?,31?/m1/s1. The van der Waals surface area contributed by atoms with Crippen LogP contribution in [-0.4, -0.2) is 74.5 Å². The fourth-order valence-electron chi connectivity index (χ4n) is 7.72. The molecule has 8 heteroatoms. The molecular weight excluding hydrogens is 512 g/mol. The Morgan fingerprint density at radius 3 is 2.56 bits per heavy atom. The fraction of sp³-hybridized carbons (Fsp3) is 0.581. The number of carbonyl (C=O) groups is 3. The predicted octanol–water partition coefficient (Wildman–Crippen LogP) is 4.13. The lowest BCUT2D eigenvalue weighted by Gasteiger charge is -2.44. The van der Waals surface area contributed by atoms with Crippen LogP contribution in [0.3, 0.4) is 0 Å². The number of thioether (sulfide) groups is 1. The lowest BCUT2D eigenvalue weighted by molar-refractivity contribution is -0.154. The summed E-state index contributed by atoms with van der Waals surface area (Å²) in [7, 11) is 0. The second kappa shape index (κ2) is 11.5. The zero-order valence-corrected chi connectivity index (χ0v) is 23.6. The third-order valence-electron chi connectivity index (χ3n) is 9.35. The molecule has 3 heterocycles. The predicted molar refractivity (Wildman–Crippen MR) is 152 cm³/mol. The minimum Gasteiger partial charge on any atom is -0.461 e. The number of likely N-dealkylation sites (tertiary alicyclic amines) is 1.